The highest BCUT2D eigenvalue weighted by Crippen LogP contribution is 2.38. The number of hydrogen-bond acceptors (Lipinski definition) is 3. The van der Waals surface area contributed by atoms with Crippen molar-refractivity contribution in [2.45, 2.75) is 57.9 Å². The Morgan fingerprint density at radius 3 is 2.74 bits per heavy atom. The van der Waals surface area contributed by atoms with Crippen molar-refractivity contribution in [2.24, 2.45) is 5.92 Å². The molecule has 0 amide bonds. The number of nitrogens with one attached hydrogen (secondary N) is 3. The van der Waals surface area contributed by atoms with Crippen molar-refractivity contribution in [3.63, 3.8) is 0 Å². The van der Waals surface area contributed by atoms with Crippen LogP contribution < -0.4 is 10.6 Å². The van der Waals surface area contributed by atoms with Gasteiger partial charge in [-0.05, 0) is 51.1 Å². The molecule has 0 saturated carbocycles. The van der Waals surface area contributed by atoms with Crippen LogP contribution in [0.25, 0.3) is 0 Å². The van der Waals surface area contributed by atoms with E-state index in [0.29, 0.717) is 17.9 Å². The average molecular weight is 262 g/mol. The Bertz CT molecular complexity index is 418. The molecule has 0 radical (unpaired) electrons. The summed E-state index contributed by atoms with van der Waals surface area (Å²) in [5, 5.41) is 15.0. The highest BCUT2D eigenvalue weighted by molar-refractivity contribution is 5.49. The normalized spacial score (nSPS) is 24.5. The number of aromatic nitrogens is 2. The molecule has 0 aromatic carbocycles. The molecule has 106 valence electrons. The third-order valence-electron chi connectivity index (χ3n) is 4.70. The van der Waals surface area contributed by atoms with E-state index >= 15 is 0 Å². The lowest BCUT2D eigenvalue weighted by molar-refractivity contribution is 0.425. The number of hydrogen-bond donors (Lipinski definition) is 3. The van der Waals surface area contributed by atoms with Gasteiger partial charge < -0.3 is 10.6 Å². The SMILES string of the molecule is CC(C)C1CCCc2c(NC3CCNCC3)n[nH]c21. The van der Waals surface area contributed by atoms with E-state index in [1.165, 1.54) is 43.4 Å². The Morgan fingerprint density at radius 1 is 1.21 bits per heavy atom. The first-order valence-electron chi connectivity index (χ1n) is 7.80. The number of aromatic amines is 1. The summed E-state index contributed by atoms with van der Waals surface area (Å²) in [4.78, 5) is 0. The maximum absolute atomic E-state index is 4.57. The molecular formula is C15H26N4. The van der Waals surface area contributed by atoms with Crippen molar-refractivity contribution in [3.8, 4) is 0 Å². The Labute approximate surface area is 115 Å². The van der Waals surface area contributed by atoms with Gasteiger partial charge in [0.15, 0.2) is 5.82 Å². The van der Waals surface area contributed by atoms with Gasteiger partial charge in [0.1, 0.15) is 0 Å². The summed E-state index contributed by atoms with van der Waals surface area (Å²) in [5.41, 5.74) is 2.86. The van der Waals surface area contributed by atoms with Gasteiger partial charge in [0.25, 0.3) is 0 Å². The Balaban J connectivity index is 1.76. The van der Waals surface area contributed by atoms with Crippen LogP contribution in [0, 0.1) is 5.92 Å². The number of anilines is 1. The number of nitrogens with zero attached hydrogens (tertiary/aromatic N) is 1. The van der Waals surface area contributed by atoms with Gasteiger partial charge in [-0.1, -0.05) is 13.8 Å². The van der Waals surface area contributed by atoms with Crippen molar-refractivity contribution in [3.05, 3.63) is 11.3 Å². The van der Waals surface area contributed by atoms with Crippen LogP contribution in [0.1, 0.15) is 56.7 Å². The first-order chi connectivity index (χ1) is 9.25. The maximum Gasteiger partial charge on any atom is 0.151 e. The number of fused-ring (bicyclic) bond motifs is 1. The van der Waals surface area contributed by atoms with Gasteiger partial charge in [0.2, 0.25) is 0 Å². The van der Waals surface area contributed by atoms with Gasteiger partial charge in [-0.2, -0.15) is 5.10 Å². The zero-order valence-corrected chi connectivity index (χ0v) is 12.1. The number of H-pyrrole nitrogens is 1. The molecule has 0 spiro atoms. The quantitative estimate of drug-likeness (QED) is 0.785. The topological polar surface area (TPSA) is 52.7 Å². The van der Waals surface area contributed by atoms with Crippen LogP contribution in [0.4, 0.5) is 5.82 Å². The molecular weight excluding hydrogens is 236 g/mol. The van der Waals surface area contributed by atoms with E-state index in [9.17, 15) is 0 Å². The highest BCUT2D eigenvalue weighted by Gasteiger charge is 2.28. The fourth-order valence-electron chi connectivity index (χ4n) is 3.53. The van der Waals surface area contributed by atoms with E-state index in [2.05, 4.69) is 34.7 Å². The Morgan fingerprint density at radius 2 is 2.00 bits per heavy atom. The smallest absolute Gasteiger partial charge is 0.151 e. The second-order valence-corrected chi connectivity index (χ2v) is 6.38. The second kappa shape index (κ2) is 5.53. The van der Waals surface area contributed by atoms with Crippen molar-refractivity contribution in [1.29, 1.82) is 0 Å². The fourth-order valence-corrected chi connectivity index (χ4v) is 3.53. The third kappa shape index (κ3) is 2.64. The summed E-state index contributed by atoms with van der Waals surface area (Å²) in [5.74, 6) is 2.50. The van der Waals surface area contributed by atoms with Gasteiger partial charge in [0, 0.05) is 23.2 Å². The molecule has 4 heteroatoms. The molecule has 0 bridgehead atoms. The van der Waals surface area contributed by atoms with Crippen LogP contribution >= 0.6 is 0 Å². The standard InChI is InChI=1S/C15H26N4/c1-10(2)12-4-3-5-13-14(12)18-19-15(13)17-11-6-8-16-9-7-11/h10-12,16H,3-9H2,1-2H3,(H2,17,18,19). The minimum atomic E-state index is 0.591. The van der Waals surface area contributed by atoms with E-state index < -0.39 is 0 Å². The van der Waals surface area contributed by atoms with Gasteiger partial charge in [-0.15, -0.1) is 0 Å². The molecule has 19 heavy (non-hydrogen) atoms. The van der Waals surface area contributed by atoms with Crippen LogP contribution in [0.5, 0.6) is 0 Å². The van der Waals surface area contributed by atoms with E-state index in [0.717, 1.165) is 18.9 Å². The predicted octanol–water partition coefficient (Wildman–Crippen LogP) is 2.65. The summed E-state index contributed by atoms with van der Waals surface area (Å²) in [7, 11) is 0. The number of piperidine rings is 1. The molecule has 1 aliphatic carbocycles. The van der Waals surface area contributed by atoms with Crippen LogP contribution in [0.2, 0.25) is 0 Å². The second-order valence-electron chi connectivity index (χ2n) is 6.38. The summed E-state index contributed by atoms with van der Waals surface area (Å²) in [6, 6.07) is 0.591. The minimum absolute atomic E-state index is 0.591. The first kappa shape index (κ1) is 13.0. The van der Waals surface area contributed by atoms with E-state index in [1.807, 2.05) is 0 Å². The van der Waals surface area contributed by atoms with E-state index in [-0.39, 0.29) is 0 Å². The molecule has 1 aliphatic heterocycles. The van der Waals surface area contributed by atoms with Crippen LogP contribution in [-0.2, 0) is 6.42 Å². The lowest BCUT2D eigenvalue weighted by Crippen LogP contribution is -2.35. The van der Waals surface area contributed by atoms with Crippen LogP contribution in [0.15, 0.2) is 0 Å². The summed E-state index contributed by atoms with van der Waals surface area (Å²) in [6.07, 6.45) is 6.20. The lowest BCUT2D eigenvalue weighted by Gasteiger charge is -2.27. The fraction of sp³-hybridized carbons (Fsp3) is 0.800. The molecule has 2 aliphatic rings. The summed E-state index contributed by atoms with van der Waals surface area (Å²) >= 11 is 0. The Kier molecular flexibility index (Phi) is 3.78. The summed E-state index contributed by atoms with van der Waals surface area (Å²) in [6.45, 7) is 6.89. The lowest BCUT2D eigenvalue weighted by atomic mass is 9.81. The van der Waals surface area contributed by atoms with Crippen LogP contribution in [0.3, 0.4) is 0 Å². The van der Waals surface area contributed by atoms with Crippen molar-refractivity contribution in [2.75, 3.05) is 18.4 Å². The Hall–Kier alpha value is -1.03. The van der Waals surface area contributed by atoms with Crippen LogP contribution in [-0.4, -0.2) is 29.3 Å². The third-order valence-corrected chi connectivity index (χ3v) is 4.70. The van der Waals surface area contributed by atoms with Gasteiger partial charge >= 0.3 is 0 Å². The summed E-state index contributed by atoms with van der Waals surface area (Å²) < 4.78 is 0. The molecule has 4 nitrogen and oxygen atoms in total. The van der Waals surface area contributed by atoms with Crippen molar-refractivity contribution >= 4 is 5.82 Å². The monoisotopic (exact) mass is 262 g/mol. The molecule has 2 heterocycles. The molecule has 1 unspecified atom stereocenters. The molecule has 3 N–H and O–H groups in total. The zero-order chi connectivity index (χ0) is 13.2. The molecule has 1 saturated heterocycles. The molecule has 1 aromatic rings. The van der Waals surface area contributed by atoms with E-state index in [4.69, 9.17) is 0 Å². The van der Waals surface area contributed by atoms with Gasteiger partial charge in [0.05, 0.1) is 0 Å². The first-order valence-corrected chi connectivity index (χ1v) is 7.80. The average Bonchev–Trinajstić information content (AvgIpc) is 2.83. The van der Waals surface area contributed by atoms with Gasteiger partial charge in [-0.25, -0.2) is 0 Å². The van der Waals surface area contributed by atoms with Gasteiger partial charge in [-0.3, -0.25) is 5.10 Å². The molecule has 3 rings (SSSR count). The molecule has 1 aromatic heterocycles. The van der Waals surface area contributed by atoms with Crippen molar-refractivity contribution in [1.82, 2.24) is 15.5 Å². The maximum atomic E-state index is 4.57. The largest absolute Gasteiger partial charge is 0.366 e. The zero-order valence-electron chi connectivity index (χ0n) is 12.1. The highest BCUT2D eigenvalue weighted by atomic mass is 15.2. The van der Waals surface area contributed by atoms with Crippen molar-refractivity contribution < 1.29 is 0 Å². The minimum Gasteiger partial charge on any atom is -0.366 e. The predicted molar refractivity (Wildman–Crippen MR) is 78.6 cm³/mol. The molecule has 1 atom stereocenters. The van der Waals surface area contributed by atoms with E-state index in [1.54, 1.807) is 0 Å². The number of rotatable bonds is 3. The molecule has 1 fully saturated rings.